The van der Waals surface area contributed by atoms with Crippen LogP contribution in [0.3, 0.4) is 0 Å². The highest BCUT2D eigenvalue weighted by Gasteiger charge is 1.97. The van der Waals surface area contributed by atoms with Crippen molar-refractivity contribution >= 4 is 17.7 Å². The van der Waals surface area contributed by atoms with Crippen molar-refractivity contribution in [3.8, 4) is 0 Å². The summed E-state index contributed by atoms with van der Waals surface area (Å²) >= 11 is 0. The topological polar surface area (TPSA) is 29.4 Å². The maximum absolute atomic E-state index is 10.7. The van der Waals surface area contributed by atoms with Crippen LogP contribution in [0.4, 0.5) is 0 Å². The molecule has 0 spiro atoms. The second kappa shape index (κ2) is 5.15. The highest BCUT2D eigenvalue weighted by molar-refractivity contribution is 6.19. The van der Waals surface area contributed by atoms with E-state index >= 15 is 0 Å². The molecule has 1 aromatic rings. The van der Waals surface area contributed by atoms with E-state index in [2.05, 4.69) is 4.99 Å². The second-order valence-corrected chi connectivity index (χ2v) is 3.25. The smallest absolute Gasteiger partial charge is 0.134 e. The van der Waals surface area contributed by atoms with Crippen molar-refractivity contribution in [1.29, 1.82) is 0 Å². The summed E-state index contributed by atoms with van der Waals surface area (Å²) < 4.78 is 0. The Labute approximate surface area is 84.0 Å². The second-order valence-electron chi connectivity index (χ2n) is 3.25. The van der Waals surface area contributed by atoms with Crippen molar-refractivity contribution in [2.24, 2.45) is 4.99 Å². The fourth-order valence-corrected chi connectivity index (χ4v) is 1.00. The number of benzene rings is 1. The number of hydrogen-bond acceptors (Lipinski definition) is 2. The van der Waals surface area contributed by atoms with Crippen molar-refractivity contribution in [2.45, 2.75) is 19.9 Å². The predicted molar refractivity (Wildman–Crippen MR) is 59.2 cm³/mol. The van der Waals surface area contributed by atoms with Crippen LogP contribution >= 0.6 is 0 Å². The third kappa shape index (κ3) is 3.00. The molecule has 0 aliphatic heterocycles. The predicted octanol–water partition coefficient (Wildman–Crippen LogP) is 2.38. The van der Waals surface area contributed by atoms with Crippen LogP contribution in [0.2, 0.25) is 0 Å². The Morgan fingerprint density at radius 3 is 2.50 bits per heavy atom. The minimum Gasteiger partial charge on any atom is -0.289 e. The summed E-state index contributed by atoms with van der Waals surface area (Å²) in [5, 5.41) is 0. The van der Waals surface area contributed by atoms with Gasteiger partial charge in [-0.15, -0.1) is 0 Å². The Morgan fingerprint density at radius 2 is 2.00 bits per heavy atom. The molecule has 0 radical (unpaired) electrons. The fraction of sp³-hybridized carbons (Fsp3) is 0.250. The maximum Gasteiger partial charge on any atom is 0.134 e. The van der Waals surface area contributed by atoms with Crippen molar-refractivity contribution in [1.82, 2.24) is 0 Å². The first kappa shape index (κ1) is 10.4. The molecule has 72 valence electrons. The molecule has 2 heteroatoms. The molecule has 0 aromatic heterocycles. The molecule has 0 aliphatic carbocycles. The monoisotopic (exact) mass is 187 g/mol. The summed E-state index contributed by atoms with van der Waals surface area (Å²) in [6, 6.07) is 9.61. The van der Waals surface area contributed by atoms with Crippen LogP contribution in [0, 0.1) is 0 Å². The SMILES string of the molecule is CC(C)N=CC(=C=O)c1ccccc1. The molecule has 0 saturated heterocycles. The van der Waals surface area contributed by atoms with E-state index in [0.29, 0.717) is 5.57 Å². The maximum atomic E-state index is 10.7. The highest BCUT2D eigenvalue weighted by atomic mass is 16.1. The average molecular weight is 187 g/mol. The van der Waals surface area contributed by atoms with Gasteiger partial charge in [0.15, 0.2) is 0 Å². The molecule has 14 heavy (non-hydrogen) atoms. The van der Waals surface area contributed by atoms with Gasteiger partial charge in [-0.05, 0) is 19.4 Å². The van der Waals surface area contributed by atoms with Gasteiger partial charge in [-0.3, -0.25) is 4.99 Å². The summed E-state index contributed by atoms with van der Waals surface area (Å²) in [4.78, 5) is 14.8. The van der Waals surface area contributed by atoms with Gasteiger partial charge in [0.1, 0.15) is 5.94 Å². The van der Waals surface area contributed by atoms with Gasteiger partial charge in [-0.2, -0.15) is 0 Å². The van der Waals surface area contributed by atoms with E-state index in [9.17, 15) is 4.79 Å². The number of carbonyl (C=O) groups excluding carboxylic acids is 1. The lowest BCUT2D eigenvalue weighted by Crippen LogP contribution is -1.92. The molecule has 1 aromatic carbocycles. The summed E-state index contributed by atoms with van der Waals surface area (Å²) in [6.45, 7) is 3.92. The standard InChI is InChI=1S/C12H13NO/c1-10(2)13-8-12(9-14)11-6-4-3-5-7-11/h3-8,10H,1-2H3. The number of aliphatic imine (C=N–C) groups is 1. The molecule has 0 amide bonds. The van der Waals surface area contributed by atoms with Crippen LogP contribution in [0.25, 0.3) is 5.57 Å². The molecule has 0 atom stereocenters. The normalized spacial score (nSPS) is 10.5. The quantitative estimate of drug-likeness (QED) is 0.527. The van der Waals surface area contributed by atoms with E-state index < -0.39 is 0 Å². The van der Waals surface area contributed by atoms with Crippen LogP contribution in [-0.2, 0) is 4.79 Å². The van der Waals surface area contributed by atoms with Gasteiger partial charge in [0, 0.05) is 12.3 Å². The third-order valence-electron chi connectivity index (χ3n) is 1.70. The number of allylic oxidation sites excluding steroid dienone is 1. The molecular weight excluding hydrogens is 174 g/mol. The number of hydrogen-bond donors (Lipinski definition) is 0. The van der Waals surface area contributed by atoms with E-state index in [1.54, 1.807) is 6.21 Å². The van der Waals surface area contributed by atoms with E-state index in [1.807, 2.05) is 50.1 Å². The number of nitrogens with zero attached hydrogens (tertiary/aromatic N) is 1. The largest absolute Gasteiger partial charge is 0.289 e. The molecule has 0 N–H and O–H groups in total. The zero-order valence-electron chi connectivity index (χ0n) is 8.40. The lowest BCUT2D eigenvalue weighted by Gasteiger charge is -1.97. The van der Waals surface area contributed by atoms with Crippen LogP contribution in [0.1, 0.15) is 19.4 Å². The van der Waals surface area contributed by atoms with Gasteiger partial charge in [0.2, 0.25) is 0 Å². The minimum atomic E-state index is 0.196. The third-order valence-corrected chi connectivity index (χ3v) is 1.70. The summed E-state index contributed by atoms with van der Waals surface area (Å²) in [7, 11) is 0. The van der Waals surface area contributed by atoms with Gasteiger partial charge >= 0.3 is 0 Å². The highest BCUT2D eigenvalue weighted by Crippen LogP contribution is 2.08. The first-order valence-electron chi connectivity index (χ1n) is 4.57. The molecule has 2 nitrogen and oxygen atoms in total. The molecule has 1 rings (SSSR count). The summed E-state index contributed by atoms with van der Waals surface area (Å²) in [5.74, 6) is 1.89. The molecule has 0 unspecified atom stereocenters. The fourth-order valence-electron chi connectivity index (χ4n) is 1.00. The first-order valence-corrected chi connectivity index (χ1v) is 4.57. The first-order chi connectivity index (χ1) is 6.74. The minimum absolute atomic E-state index is 0.196. The van der Waals surface area contributed by atoms with Crippen molar-refractivity contribution in [2.75, 3.05) is 0 Å². The van der Waals surface area contributed by atoms with E-state index in [1.165, 1.54) is 0 Å². The molecule has 0 aliphatic rings. The van der Waals surface area contributed by atoms with Gasteiger partial charge < -0.3 is 0 Å². The summed E-state index contributed by atoms with van der Waals surface area (Å²) in [6.07, 6.45) is 1.58. The molecule has 0 fully saturated rings. The van der Waals surface area contributed by atoms with E-state index in [0.717, 1.165) is 5.56 Å². The van der Waals surface area contributed by atoms with Crippen molar-refractivity contribution in [3.05, 3.63) is 35.9 Å². The molecular formula is C12H13NO. The Bertz CT molecular complexity index is 359. The molecule has 0 saturated carbocycles. The lowest BCUT2D eigenvalue weighted by atomic mass is 10.1. The zero-order chi connectivity index (χ0) is 10.4. The summed E-state index contributed by atoms with van der Waals surface area (Å²) in [5.41, 5.74) is 1.35. The van der Waals surface area contributed by atoms with Gasteiger partial charge in [0.25, 0.3) is 0 Å². The van der Waals surface area contributed by atoms with Crippen LogP contribution in [-0.4, -0.2) is 18.2 Å². The average Bonchev–Trinajstić information content (AvgIpc) is 2.20. The molecule has 0 bridgehead atoms. The van der Waals surface area contributed by atoms with Gasteiger partial charge in [-0.25, -0.2) is 4.79 Å². The van der Waals surface area contributed by atoms with Crippen molar-refractivity contribution < 1.29 is 4.79 Å². The Kier molecular flexibility index (Phi) is 3.84. The van der Waals surface area contributed by atoms with E-state index in [-0.39, 0.29) is 6.04 Å². The van der Waals surface area contributed by atoms with Crippen LogP contribution in [0.5, 0.6) is 0 Å². The van der Waals surface area contributed by atoms with Gasteiger partial charge in [0.05, 0.1) is 5.57 Å². The van der Waals surface area contributed by atoms with Crippen LogP contribution < -0.4 is 0 Å². The van der Waals surface area contributed by atoms with Gasteiger partial charge in [-0.1, -0.05) is 30.3 Å². The van der Waals surface area contributed by atoms with E-state index in [4.69, 9.17) is 0 Å². The number of rotatable bonds is 3. The lowest BCUT2D eigenvalue weighted by molar-refractivity contribution is 0.570. The zero-order valence-corrected chi connectivity index (χ0v) is 8.40. The Morgan fingerprint density at radius 1 is 1.36 bits per heavy atom. The van der Waals surface area contributed by atoms with Crippen LogP contribution in [0.15, 0.2) is 35.3 Å². The molecule has 0 heterocycles. The Hall–Kier alpha value is -1.66. The van der Waals surface area contributed by atoms with Crippen molar-refractivity contribution in [3.63, 3.8) is 0 Å². The Balaban J connectivity index is 2.91.